The van der Waals surface area contributed by atoms with Crippen LogP contribution in [0.2, 0.25) is 0 Å². The first kappa shape index (κ1) is 20.4. The molecule has 2 heterocycles. The number of benzene rings is 1. The number of piperazine rings is 1. The number of amides is 2. The molecule has 6 heteroatoms. The normalized spacial score (nSPS) is 23.6. The zero-order valence-corrected chi connectivity index (χ0v) is 17.4. The van der Waals surface area contributed by atoms with Crippen LogP contribution in [0.25, 0.3) is 0 Å². The molecule has 0 unspecified atom stereocenters. The summed E-state index contributed by atoms with van der Waals surface area (Å²) in [5.74, 6) is 0.712. The van der Waals surface area contributed by atoms with E-state index in [1.54, 1.807) is 0 Å². The van der Waals surface area contributed by atoms with Crippen LogP contribution in [0, 0.1) is 5.92 Å². The number of carbonyl (C=O) groups excluding carboxylic acids is 2. The molecule has 0 bridgehead atoms. The fraction of sp³-hybridized carbons (Fsp3) is 0.652. The van der Waals surface area contributed by atoms with Gasteiger partial charge in [0.15, 0.2) is 0 Å². The predicted molar refractivity (Wildman–Crippen MR) is 112 cm³/mol. The molecule has 0 saturated carbocycles. The lowest BCUT2D eigenvalue weighted by Gasteiger charge is -2.39. The maximum absolute atomic E-state index is 12.9. The summed E-state index contributed by atoms with van der Waals surface area (Å²) in [6.07, 6.45) is 5.39. The monoisotopic (exact) mass is 399 g/mol. The topological polar surface area (TPSA) is 61.9 Å². The molecule has 2 saturated heterocycles. The van der Waals surface area contributed by atoms with Crippen LogP contribution in [0.4, 0.5) is 0 Å². The summed E-state index contributed by atoms with van der Waals surface area (Å²) >= 11 is 0. The van der Waals surface area contributed by atoms with Gasteiger partial charge in [-0.05, 0) is 49.1 Å². The molecular formula is C23H33N3O3. The molecule has 1 N–H and O–H groups in total. The number of nitrogens with zero attached hydrogens (tertiary/aromatic N) is 2. The molecule has 1 atom stereocenters. The van der Waals surface area contributed by atoms with Crippen molar-refractivity contribution < 1.29 is 14.3 Å². The maximum Gasteiger partial charge on any atom is 0.237 e. The van der Waals surface area contributed by atoms with Gasteiger partial charge in [0.25, 0.3) is 0 Å². The first-order valence-corrected chi connectivity index (χ1v) is 11.0. The highest BCUT2D eigenvalue weighted by Crippen LogP contribution is 2.28. The van der Waals surface area contributed by atoms with Crippen LogP contribution in [0.3, 0.4) is 0 Å². The molecule has 0 aromatic heterocycles. The number of rotatable bonds is 6. The van der Waals surface area contributed by atoms with Gasteiger partial charge >= 0.3 is 0 Å². The van der Waals surface area contributed by atoms with E-state index in [0.29, 0.717) is 18.5 Å². The van der Waals surface area contributed by atoms with Crippen molar-refractivity contribution in [1.29, 1.82) is 0 Å². The van der Waals surface area contributed by atoms with E-state index in [4.69, 9.17) is 4.74 Å². The van der Waals surface area contributed by atoms with Crippen molar-refractivity contribution in [1.82, 2.24) is 15.1 Å². The largest absolute Gasteiger partial charge is 0.381 e. The Morgan fingerprint density at radius 3 is 2.59 bits per heavy atom. The lowest BCUT2D eigenvalue weighted by Crippen LogP contribution is -2.59. The number of hydrogen-bond acceptors (Lipinski definition) is 4. The van der Waals surface area contributed by atoms with Crippen LogP contribution in [0.15, 0.2) is 24.3 Å². The van der Waals surface area contributed by atoms with Gasteiger partial charge in [0.05, 0.1) is 12.5 Å². The van der Waals surface area contributed by atoms with E-state index in [0.717, 1.165) is 58.4 Å². The maximum atomic E-state index is 12.9. The van der Waals surface area contributed by atoms with Crippen molar-refractivity contribution in [2.24, 2.45) is 5.92 Å². The van der Waals surface area contributed by atoms with Crippen LogP contribution in [-0.4, -0.2) is 73.6 Å². The van der Waals surface area contributed by atoms with Gasteiger partial charge in [0, 0.05) is 45.9 Å². The Balaban J connectivity index is 1.34. The highest BCUT2D eigenvalue weighted by atomic mass is 16.5. The molecule has 6 nitrogen and oxygen atoms in total. The zero-order valence-electron chi connectivity index (χ0n) is 17.4. The third kappa shape index (κ3) is 4.81. The van der Waals surface area contributed by atoms with Gasteiger partial charge in [-0.25, -0.2) is 0 Å². The number of hydrogen-bond donors (Lipinski definition) is 1. The average Bonchev–Trinajstić information content (AvgIpc) is 3.18. The molecule has 29 heavy (non-hydrogen) atoms. The van der Waals surface area contributed by atoms with Crippen LogP contribution < -0.4 is 5.32 Å². The molecule has 3 aliphatic rings. The first-order chi connectivity index (χ1) is 14.1. The molecule has 1 aromatic carbocycles. The average molecular weight is 400 g/mol. The fourth-order valence-corrected chi connectivity index (χ4v) is 5.01. The predicted octanol–water partition coefficient (Wildman–Crippen LogP) is 1.62. The van der Waals surface area contributed by atoms with E-state index >= 15 is 0 Å². The van der Waals surface area contributed by atoms with Gasteiger partial charge in [0.2, 0.25) is 11.8 Å². The van der Waals surface area contributed by atoms with E-state index in [1.807, 2.05) is 11.9 Å². The van der Waals surface area contributed by atoms with Gasteiger partial charge in [0.1, 0.15) is 0 Å². The summed E-state index contributed by atoms with van der Waals surface area (Å²) in [6, 6.07) is 8.48. The van der Waals surface area contributed by atoms with E-state index in [-0.39, 0.29) is 24.3 Å². The third-order valence-corrected chi connectivity index (χ3v) is 6.88. The van der Waals surface area contributed by atoms with Crippen molar-refractivity contribution in [2.75, 3.05) is 39.9 Å². The summed E-state index contributed by atoms with van der Waals surface area (Å²) in [7, 11) is 1.87. The summed E-state index contributed by atoms with van der Waals surface area (Å²) in [5.41, 5.74) is 2.75. The second-order valence-electron chi connectivity index (χ2n) is 8.74. The second-order valence-corrected chi connectivity index (χ2v) is 8.74. The van der Waals surface area contributed by atoms with Crippen LogP contribution in [-0.2, 0) is 27.2 Å². The molecular weight excluding hydrogens is 366 g/mol. The lowest BCUT2D eigenvalue weighted by atomic mass is 9.96. The minimum atomic E-state index is -0.360. The van der Waals surface area contributed by atoms with Crippen molar-refractivity contribution in [2.45, 2.75) is 50.6 Å². The van der Waals surface area contributed by atoms with Gasteiger partial charge in [-0.2, -0.15) is 0 Å². The van der Waals surface area contributed by atoms with Crippen molar-refractivity contribution in [3.05, 3.63) is 35.4 Å². The number of ether oxygens (including phenoxy) is 1. The Hall–Kier alpha value is -1.92. The number of nitrogens with one attached hydrogen (secondary N) is 1. The van der Waals surface area contributed by atoms with Crippen molar-refractivity contribution in [3.8, 4) is 0 Å². The van der Waals surface area contributed by atoms with Crippen LogP contribution in [0.1, 0.15) is 36.8 Å². The fourth-order valence-electron chi connectivity index (χ4n) is 5.01. The zero-order chi connectivity index (χ0) is 20.2. The smallest absolute Gasteiger partial charge is 0.237 e. The van der Waals surface area contributed by atoms with Crippen LogP contribution in [0.5, 0.6) is 0 Å². The van der Waals surface area contributed by atoms with E-state index in [1.165, 1.54) is 11.1 Å². The third-order valence-electron chi connectivity index (χ3n) is 6.88. The summed E-state index contributed by atoms with van der Waals surface area (Å²) in [5, 5.41) is 2.97. The lowest BCUT2D eigenvalue weighted by molar-refractivity contribution is -0.139. The Morgan fingerprint density at radius 2 is 1.90 bits per heavy atom. The number of fused-ring (bicyclic) bond motifs is 1. The Morgan fingerprint density at radius 1 is 1.21 bits per heavy atom. The Bertz CT molecular complexity index is 707. The molecule has 0 radical (unpaired) electrons. The molecule has 1 aromatic rings. The second kappa shape index (κ2) is 9.26. The molecule has 2 amide bonds. The molecule has 0 spiro atoms. The Labute approximate surface area is 173 Å². The first-order valence-electron chi connectivity index (χ1n) is 11.0. The molecule has 1 aliphatic carbocycles. The van der Waals surface area contributed by atoms with Crippen LogP contribution >= 0.6 is 0 Å². The van der Waals surface area contributed by atoms with Crippen molar-refractivity contribution >= 4 is 11.8 Å². The quantitative estimate of drug-likeness (QED) is 0.790. The summed E-state index contributed by atoms with van der Waals surface area (Å²) in [6.45, 7) is 3.91. The standard InChI is InChI=1S/C23H33N3O3/c1-25(10-6-17-7-12-29-13-8-17)22(27)16-21-23(28)24-9-11-26(21)20-14-18-4-2-3-5-19(18)15-20/h2-5,17,20-21H,6-16H2,1H3,(H,24,28)/t21-/m1/s1. The van der Waals surface area contributed by atoms with Crippen molar-refractivity contribution in [3.63, 3.8) is 0 Å². The number of carbonyl (C=O) groups is 2. The minimum absolute atomic E-state index is 0.00150. The van der Waals surface area contributed by atoms with Gasteiger partial charge in [-0.3, -0.25) is 14.5 Å². The molecule has 2 fully saturated rings. The van der Waals surface area contributed by atoms with E-state index in [9.17, 15) is 9.59 Å². The van der Waals surface area contributed by atoms with E-state index < -0.39 is 0 Å². The van der Waals surface area contributed by atoms with Gasteiger partial charge in [-0.15, -0.1) is 0 Å². The van der Waals surface area contributed by atoms with E-state index in [2.05, 4.69) is 34.5 Å². The molecule has 2 aliphatic heterocycles. The Kier molecular flexibility index (Phi) is 6.50. The highest BCUT2D eigenvalue weighted by molar-refractivity contribution is 5.88. The SMILES string of the molecule is CN(CCC1CCOCC1)C(=O)C[C@@H]1C(=O)NCCN1C1Cc2ccccc2C1. The summed E-state index contributed by atoms with van der Waals surface area (Å²) < 4.78 is 5.42. The van der Waals surface area contributed by atoms with Gasteiger partial charge in [-0.1, -0.05) is 24.3 Å². The summed E-state index contributed by atoms with van der Waals surface area (Å²) in [4.78, 5) is 29.7. The highest BCUT2D eigenvalue weighted by Gasteiger charge is 2.38. The van der Waals surface area contributed by atoms with Gasteiger partial charge < -0.3 is 15.0 Å². The molecule has 158 valence electrons. The minimum Gasteiger partial charge on any atom is -0.381 e. The molecule has 4 rings (SSSR count).